The van der Waals surface area contributed by atoms with Crippen LogP contribution in [0.5, 0.6) is 0 Å². The van der Waals surface area contributed by atoms with Gasteiger partial charge in [0, 0.05) is 36.2 Å². The molecule has 1 aliphatic carbocycles. The Hall–Kier alpha value is -4.02. The lowest BCUT2D eigenvalue weighted by Gasteiger charge is -2.22. The van der Waals surface area contributed by atoms with Crippen molar-refractivity contribution in [3.8, 4) is 11.1 Å². The molecule has 1 amide bonds. The summed E-state index contributed by atoms with van der Waals surface area (Å²) in [4.78, 5) is 28.9. The summed E-state index contributed by atoms with van der Waals surface area (Å²) < 4.78 is 0. The fourth-order valence-corrected chi connectivity index (χ4v) is 5.89. The van der Waals surface area contributed by atoms with Crippen molar-refractivity contribution in [3.63, 3.8) is 0 Å². The number of nitrogens with one attached hydrogen (secondary N) is 1. The Kier molecular flexibility index (Phi) is 6.42. The molecule has 0 saturated carbocycles. The highest BCUT2D eigenvalue weighted by Gasteiger charge is 2.32. The van der Waals surface area contributed by atoms with Crippen LogP contribution in [0.1, 0.15) is 56.2 Å². The highest BCUT2D eigenvalue weighted by molar-refractivity contribution is 6.25. The molecule has 4 heteroatoms. The van der Waals surface area contributed by atoms with E-state index in [1.807, 2.05) is 36.4 Å². The van der Waals surface area contributed by atoms with Crippen molar-refractivity contribution >= 4 is 11.7 Å². The van der Waals surface area contributed by atoms with E-state index in [1.54, 1.807) is 6.07 Å². The third kappa shape index (κ3) is 4.61. The summed E-state index contributed by atoms with van der Waals surface area (Å²) in [7, 11) is 0. The largest absolute Gasteiger partial charge is 0.348 e. The van der Waals surface area contributed by atoms with Crippen LogP contribution >= 0.6 is 0 Å². The average molecular weight is 487 g/mol. The van der Waals surface area contributed by atoms with E-state index in [0.29, 0.717) is 22.6 Å². The SMILES string of the molecule is O=C(NC1CCN(CCC(c2ccccc2)c2ccccc2)C1)c1cccc2c1C(=O)c1ccccc1-2. The van der Waals surface area contributed by atoms with Crippen LogP contribution in [0.25, 0.3) is 11.1 Å². The van der Waals surface area contributed by atoms with E-state index in [4.69, 9.17) is 0 Å². The number of amides is 1. The zero-order valence-corrected chi connectivity index (χ0v) is 20.8. The first-order valence-corrected chi connectivity index (χ1v) is 13.1. The van der Waals surface area contributed by atoms with Crippen molar-refractivity contribution in [2.45, 2.75) is 24.8 Å². The number of hydrogen-bond donors (Lipinski definition) is 1. The zero-order valence-electron chi connectivity index (χ0n) is 20.8. The van der Waals surface area contributed by atoms with Gasteiger partial charge in [0.25, 0.3) is 5.91 Å². The summed E-state index contributed by atoms with van der Waals surface area (Å²) in [6.45, 7) is 2.75. The van der Waals surface area contributed by atoms with Crippen LogP contribution in [0, 0.1) is 0 Å². The van der Waals surface area contributed by atoms with Gasteiger partial charge >= 0.3 is 0 Å². The summed E-state index contributed by atoms with van der Waals surface area (Å²) in [5, 5.41) is 3.22. The molecule has 4 nitrogen and oxygen atoms in total. The number of likely N-dealkylation sites (tertiary alicyclic amines) is 1. The predicted molar refractivity (Wildman–Crippen MR) is 147 cm³/mol. The van der Waals surface area contributed by atoms with Crippen LogP contribution in [0.3, 0.4) is 0 Å². The maximum Gasteiger partial charge on any atom is 0.252 e. The molecule has 1 atom stereocenters. The van der Waals surface area contributed by atoms with Crippen LogP contribution in [-0.4, -0.2) is 42.3 Å². The Labute approximate surface area is 218 Å². The maximum absolute atomic E-state index is 13.3. The van der Waals surface area contributed by atoms with Gasteiger partial charge in [0.15, 0.2) is 5.78 Å². The highest BCUT2D eigenvalue weighted by atomic mass is 16.2. The number of carbonyl (C=O) groups is 2. The van der Waals surface area contributed by atoms with E-state index in [-0.39, 0.29) is 17.7 Å². The molecule has 1 heterocycles. The second kappa shape index (κ2) is 10.2. The van der Waals surface area contributed by atoms with Crippen molar-refractivity contribution in [1.82, 2.24) is 10.2 Å². The second-order valence-electron chi connectivity index (χ2n) is 10.0. The number of benzene rings is 4. The maximum atomic E-state index is 13.3. The Morgan fingerprint density at radius 1 is 0.784 bits per heavy atom. The Bertz CT molecular complexity index is 1390. The molecule has 0 bridgehead atoms. The molecule has 4 aromatic rings. The lowest BCUT2D eigenvalue weighted by atomic mass is 9.88. The van der Waals surface area contributed by atoms with Gasteiger partial charge in [0.2, 0.25) is 0 Å². The molecule has 1 saturated heterocycles. The lowest BCUT2D eigenvalue weighted by Crippen LogP contribution is -2.38. The van der Waals surface area contributed by atoms with Crippen molar-refractivity contribution in [1.29, 1.82) is 0 Å². The van der Waals surface area contributed by atoms with Gasteiger partial charge in [-0.05, 0) is 47.7 Å². The smallest absolute Gasteiger partial charge is 0.252 e. The third-order valence-electron chi connectivity index (χ3n) is 7.74. The predicted octanol–water partition coefficient (Wildman–Crippen LogP) is 5.92. The topological polar surface area (TPSA) is 49.4 Å². The minimum absolute atomic E-state index is 0.0581. The van der Waals surface area contributed by atoms with Gasteiger partial charge in [0.1, 0.15) is 0 Å². The summed E-state index contributed by atoms with van der Waals surface area (Å²) in [6, 6.07) is 34.7. The van der Waals surface area contributed by atoms with Crippen LogP contribution in [0.4, 0.5) is 0 Å². The molecule has 6 rings (SSSR count). The Balaban J connectivity index is 1.11. The molecule has 0 aromatic heterocycles. The van der Waals surface area contributed by atoms with E-state index < -0.39 is 0 Å². The van der Waals surface area contributed by atoms with Gasteiger partial charge in [-0.1, -0.05) is 97.1 Å². The number of rotatable bonds is 7. The van der Waals surface area contributed by atoms with Gasteiger partial charge < -0.3 is 10.2 Å². The third-order valence-corrected chi connectivity index (χ3v) is 7.74. The van der Waals surface area contributed by atoms with Crippen molar-refractivity contribution in [2.24, 2.45) is 0 Å². The van der Waals surface area contributed by atoms with E-state index in [9.17, 15) is 9.59 Å². The number of fused-ring (bicyclic) bond motifs is 3. The summed E-state index contributed by atoms with van der Waals surface area (Å²) >= 11 is 0. The normalized spacial score (nSPS) is 16.6. The van der Waals surface area contributed by atoms with Crippen molar-refractivity contribution < 1.29 is 9.59 Å². The van der Waals surface area contributed by atoms with Crippen LogP contribution in [0.2, 0.25) is 0 Å². The van der Waals surface area contributed by atoms with E-state index in [0.717, 1.165) is 43.6 Å². The van der Waals surface area contributed by atoms with E-state index in [2.05, 4.69) is 70.9 Å². The Morgan fingerprint density at radius 3 is 2.11 bits per heavy atom. The molecule has 2 aliphatic rings. The van der Waals surface area contributed by atoms with Gasteiger partial charge in [0.05, 0.1) is 5.56 Å². The standard InChI is InChI=1S/C33H30N2O2/c36-32-29-15-8-7-14-27(29)28-16-9-17-30(31(28)32)33(37)34-25-18-20-35(22-25)21-19-26(23-10-3-1-4-11-23)24-12-5-2-6-13-24/h1-17,25-26H,18-22H2,(H,34,37). The molecule has 1 aliphatic heterocycles. The van der Waals surface area contributed by atoms with Crippen molar-refractivity contribution in [3.05, 3.63) is 131 Å². The molecule has 1 unspecified atom stereocenters. The number of hydrogen-bond acceptors (Lipinski definition) is 3. The summed E-state index contributed by atoms with van der Waals surface area (Å²) in [5.74, 6) is 0.129. The first kappa shape index (κ1) is 23.4. The minimum atomic E-state index is -0.156. The van der Waals surface area contributed by atoms with Crippen LogP contribution in [0.15, 0.2) is 103 Å². The van der Waals surface area contributed by atoms with Crippen LogP contribution < -0.4 is 5.32 Å². The fourth-order valence-electron chi connectivity index (χ4n) is 5.89. The lowest BCUT2D eigenvalue weighted by molar-refractivity contribution is 0.0928. The summed E-state index contributed by atoms with van der Waals surface area (Å²) in [6.07, 6.45) is 1.93. The monoisotopic (exact) mass is 486 g/mol. The van der Waals surface area contributed by atoms with Crippen LogP contribution in [-0.2, 0) is 0 Å². The van der Waals surface area contributed by atoms with E-state index >= 15 is 0 Å². The fraction of sp³-hybridized carbons (Fsp3) is 0.212. The van der Waals surface area contributed by atoms with E-state index in [1.165, 1.54) is 11.1 Å². The highest BCUT2D eigenvalue weighted by Crippen LogP contribution is 2.38. The van der Waals surface area contributed by atoms with Gasteiger partial charge in [-0.25, -0.2) is 0 Å². The molecular formula is C33H30N2O2. The second-order valence-corrected chi connectivity index (χ2v) is 10.0. The molecule has 4 aromatic carbocycles. The first-order chi connectivity index (χ1) is 18.2. The quantitative estimate of drug-likeness (QED) is 0.310. The summed E-state index contributed by atoms with van der Waals surface area (Å²) in [5.41, 5.74) is 6.12. The molecule has 0 radical (unpaired) electrons. The van der Waals surface area contributed by atoms with Gasteiger partial charge in [-0.3, -0.25) is 9.59 Å². The van der Waals surface area contributed by atoms with Gasteiger partial charge in [-0.15, -0.1) is 0 Å². The number of carbonyl (C=O) groups excluding carboxylic acids is 2. The minimum Gasteiger partial charge on any atom is -0.348 e. The molecular weight excluding hydrogens is 456 g/mol. The van der Waals surface area contributed by atoms with Crippen molar-refractivity contribution in [2.75, 3.05) is 19.6 Å². The molecule has 1 fully saturated rings. The molecule has 1 N–H and O–H groups in total. The van der Waals surface area contributed by atoms with Gasteiger partial charge in [-0.2, -0.15) is 0 Å². The number of nitrogens with zero attached hydrogens (tertiary/aromatic N) is 1. The first-order valence-electron chi connectivity index (χ1n) is 13.1. The Morgan fingerprint density at radius 2 is 1.41 bits per heavy atom. The molecule has 0 spiro atoms. The molecule has 184 valence electrons. The zero-order chi connectivity index (χ0) is 25.2. The average Bonchev–Trinajstić information content (AvgIpc) is 3.52. The molecule has 37 heavy (non-hydrogen) atoms. The number of ketones is 1.